The number of amides is 1. The summed E-state index contributed by atoms with van der Waals surface area (Å²) < 4.78 is 10.6. The number of hydrazine groups is 1. The van der Waals surface area contributed by atoms with Crippen LogP contribution in [0.25, 0.3) is 0 Å². The molecule has 0 fully saturated rings. The maximum atomic E-state index is 11.1. The van der Waals surface area contributed by atoms with Crippen LogP contribution in [0, 0.1) is 0 Å². The number of rotatable bonds is 9. The summed E-state index contributed by atoms with van der Waals surface area (Å²) in [7, 11) is 0. The summed E-state index contributed by atoms with van der Waals surface area (Å²) in [5, 5.41) is 0. The fourth-order valence-electron chi connectivity index (χ4n) is 1.07. The van der Waals surface area contributed by atoms with E-state index in [1.807, 2.05) is 6.92 Å². The Hall–Kier alpha value is -0.650. The lowest BCUT2D eigenvalue weighted by molar-refractivity contribution is -0.134. The van der Waals surface area contributed by atoms with Gasteiger partial charge in [-0.05, 0) is 12.8 Å². The zero-order chi connectivity index (χ0) is 11.5. The standard InChI is InChI=1S/C10H22N2O3/c1-3-5-6-14-7-8-15-9(4-2)10(13)12-11/h9H,3-8,11H2,1-2H3,(H,12,13). The molecule has 3 N–H and O–H groups in total. The number of hydrogen-bond donors (Lipinski definition) is 2. The van der Waals surface area contributed by atoms with E-state index >= 15 is 0 Å². The maximum absolute atomic E-state index is 11.1. The highest BCUT2D eigenvalue weighted by Crippen LogP contribution is 1.97. The zero-order valence-electron chi connectivity index (χ0n) is 9.62. The van der Waals surface area contributed by atoms with Crippen molar-refractivity contribution in [2.24, 2.45) is 5.84 Å². The topological polar surface area (TPSA) is 73.6 Å². The van der Waals surface area contributed by atoms with Crippen LogP contribution < -0.4 is 11.3 Å². The van der Waals surface area contributed by atoms with E-state index in [1.165, 1.54) is 0 Å². The summed E-state index contributed by atoms with van der Waals surface area (Å²) in [4.78, 5) is 11.1. The van der Waals surface area contributed by atoms with Gasteiger partial charge in [0, 0.05) is 6.61 Å². The van der Waals surface area contributed by atoms with Gasteiger partial charge in [-0.1, -0.05) is 20.3 Å². The fourth-order valence-corrected chi connectivity index (χ4v) is 1.07. The van der Waals surface area contributed by atoms with E-state index in [0.717, 1.165) is 19.4 Å². The average molecular weight is 218 g/mol. The van der Waals surface area contributed by atoms with Gasteiger partial charge in [0.05, 0.1) is 13.2 Å². The number of unbranched alkanes of at least 4 members (excludes halogenated alkanes) is 1. The van der Waals surface area contributed by atoms with Crippen LogP contribution in [-0.2, 0) is 14.3 Å². The van der Waals surface area contributed by atoms with E-state index in [4.69, 9.17) is 15.3 Å². The quantitative estimate of drug-likeness (QED) is 0.257. The molecule has 0 rings (SSSR count). The molecule has 0 aliphatic carbocycles. The Morgan fingerprint density at radius 3 is 2.60 bits per heavy atom. The van der Waals surface area contributed by atoms with Crippen molar-refractivity contribution in [1.29, 1.82) is 0 Å². The van der Waals surface area contributed by atoms with Gasteiger partial charge in [0.1, 0.15) is 6.10 Å². The Labute approximate surface area is 91.3 Å². The first-order valence-electron chi connectivity index (χ1n) is 5.46. The highest BCUT2D eigenvalue weighted by atomic mass is 16.5. The lowest BCUT2D eigenvalue weighted by Crippen LogP contribution is -2.40. The molecule has 5 heteroatoms. The van der Waals surface area contributed by atoms with Gasteiger partial charge in [-0.25, -0.2) is 5.84 Å². The Balaban J connectivity index is 3.42. The van der Waals surface area contributed by atoms with Gasteiger partial charge >= 0.3 is 0 Å². The third-order valence-corrected chi connectivity index (χ3v) is 1.99. The normalized spacial score (nSPS) is 12.5. The van der Waals surface area contributed by atoms with Crippen molar-refractivity contribution in [1.82, 2.24) is 5.43 Å². The monoisotopic (exact) mass is 218 g/mol. The van der Waals surface area contributed by atoms with Gasteiger partial charge in [-0.15, -0.1) is 0 Å². The summed E-state index contributed by atoms with van der Waals surface area (Å²) in [6, 6.07) is 0. The molecule has 0 heterocycles. The number of nitrogens with one attached hydrogen (secondary N) is 1. The average Bonchev–Trinajstić information content (AvgIpc) is 2.27. The molecule has 1 atom stereocenters. The summed E-state index contributed by atoms with van der Waals surface area (Å²) in [5.74, 6) is 4.72. The second-order valence-corrected chi connectivity index (χ2v) is 3.24. The molecule has 0 bridgehead atoms. The Bertz CT molecular complexity index is 165. The molecule has 0 spiro atoms. The van der Waals surface area contributed by atoms with Crippen LogP contribution in [0.2, 0.25) is 0 Å². The van der Waals surface area contributed by atoms with Crippen molar-refractivity contribution in [3.8, 4) is 0 Å². The fraction of sp³-hybridized carbons (Fsp3) is 0.900. The van der Waals surface area contributed by atoms with Crippen molar-refractivity contribution in [3.63, 3.8) is 0 Å². The minimum Gasteiger partial charge on any atom is -0.379 e. The largest absolute Gasteiger partial charge is 0.379 e. The van der Waals surface area contributed by atoms with Crippen molar-refractivity contribution >= 4 is 5.91 Å². The third kappa shape index (κ3) is 7.30. The minimum absolute atomic E-state index is 0.286. The van der Waals surface area contributed by atoms with Crippen LogP contribution in [-0.4, -0.2) is 31.8 Å². The van der Waals surface area contributed by atoms with Gasteiger partial charge in [-0.2, -0.15) is 0 Å². The summed E-state index contributed by atoms with van der Waals surface area (Å²) in [6.45, 7) is 5.68. The molecule has 90 valence electrons. The minimum atomic E-state index is -0.468. The molecule has 0 saturated carbocycles. The molecule has 1 unspecified atom stereocenters. The molecule has 0 aliphatic rings. The van der Waals surface area contributed by atoms with Gasteiger partial charge < -0.3 is 9.47 Å². The Morgan fingerprint density at radius 1 is 1.33 bits per heavy atom. The van der Waals surface area contributed by atoms with Gasteiger partial charge in [0.25, 0.3) is 5.91 Å². The number of ether oxygens (including phenoxy) is 2. The van der Waals surface area contributed by atoms with E-state index in [2.05, 4.69) is 12.3 Å². The molecule has 0 aromatic carbocycles. The van der Waals surface area contributed by atoms with Gasteiger partial charge in [-0.3, -0.25) is 10.2 Å². The zero-order valence-corrected chi connectivity index (χ0v) is 9.62. The molecular formula is C10H22N2O3. The van der Waals surface area contributed by atoms with E-state index in [0.29, 0.717) is 19.6 Å². The Morgan fingerprint density at radius 2 is 2.07 bits per heavy atom. The van der Waals surface area contributed by atoms with E-state index in [1.54, 1.807) is 0 Å². The predicted molar refractivity (Wildman–Crippen MR) is 58.1 cm³/mol. The van der Waals surface area contributed by atoms with E-state index in [9.17, 15) is 4.79 Å². The molecule has 15 heavy (non-hydrogen) atoms. The molecule has 5 nitrogen and oxygen atoms in total. The van der Waals surface area contributed by atoms with Crippen molar-refractivity contribution in [3.05, 3.63) is 0 Å². The van der Waals surface area contributed by atoms with Crippen LogP contribution in [0.4, 0.5) is 0 Å². The summed E-state index contributed by atoms with van der Waals surface area (Å²) in [5.41, 5.74) is 2.07. The molecule has 0 aromatic rings. The highest BCUT2D eigenvalue weighted by Gasteiger charge is 2.14. The highest BCUT2D eigenvalue weighted by molar-refractivity contribution is 5.79. The molecule has 1 amide bonds. The molecule has 0 radical (unpaired) electrons. The first-order chi connectivity index (χ1) is 7.26. The number of carbonyl (C=O) groups excluding carboxylic acids is 1. The van der Waals surface area contributed by atoms with Crippen LogP contribution in [0.1, 0.15) is 33.1 Å². The van der Waals surface area contributed by atoms with Crippen LogP contribution in [0.5, 0.6) is 0 Å². The van der Waals surface area contributed by atoms with E-state index in [-0.39, 0.29) is 5.91 Å². The number of nitrogens with two attached hydrogens (primary N) is 1. The van der Waals surface area contributed by atoms with E-state index < -0.39 is 6.10 Å². The second kappa shape index (κ2) is 9.89. The lowest BCUT2D eigenvalue weighted by Gasteiger charge is -2.14. The molecule has 0 aliphatic heterocycles. The van der Waals surface area contributed by atoms with Gasteiger partial charge in [0.2, 0.25) is 0 Å². The van der Waals surface area contributed by atoms with Crippen molar-refractivity contribution in [2.75, 3.05) is 19.8 Å². The van der Waals surface area contributed by atoms with Crippen molar-refractivity contribution < 1.29 is 14.3 Å². The predicted octanol–water partition coefficient (Wildman–Crippen LogP) is 0.588. The Kier molecular flexibility index (Phi) is 9.46. The second-order valence-electron chi connectivity index (χ2n) is 3.24. The van der Waals surface area contributed by atoms with Crippen LogP contribution in [0.15, 0.2) is 0 Å². The lowest BCUT2D eigenvalue weighted by atomic mass is 10.2. The first-order valence-corrected chi connectivity index (χ1v) is 5.46. The molecule has 0 aromatic heterocycles. The van der Waals surface area contributed by atoms with Crippen LogP contribution in [0.3, 0.4) is 0 Å². The van der Waals surface area contributed by atoms with Gasteiger partial charge in [0.15, 0.2) is 0 Å². The molecular weight excluding hydrogens is 196 g/mol. The smallest absolute Gasteiger partial charge is 0.262 e. The molecule has 0 saturated heterocycles. The maximum Gasteiger partial charge on any atom is 0.262 e. The third-order valence-electron chi connectivity index (χ3n) is 1.99. The summed E-state index contributed by atoms with van der Waals surface area (Å²) >= 11 is 0. The summed E-state index contributed by atoms with van der Waals surface area (Å²) in [6.07, 6.45) is 2.32. The van der Waals surface area contributed by atoms with Crippen LogP contribution >= 0.6 is 0 Å². The first kappa shape index (κ1) is 14.3. The SMILES string of the molecule is CCCCOCCOC(CC)C(=O)NN. The number of carbonyl (C=O) groups is 1. The van der Waals surface area contributed by atoms with Crippen molar-refractivity contribution in [2.45, 2.75) is 39.2 Å². The number of hydrogen-bond acceptors (Lipinski definition) is 4.